The Bertz CT molecular complexity index is 3750. The number of amides is 4. The van der Waals surface area contributed by atoms with Gasteiger partial charge in [0, 0.05) is 93.4 Å². The molecule has 0 saturated carbocycles. The number of ether oxygens (including phenoxy) is 5. The van der Waals surface area contributed by atoms with E-state index in [1.54, 1.807) is 189 Å². The van der Waals surface area contributed by atoms with E-state index in [-0.39, 0.29) is 84.5 Å². The molecule has 0 bridgehead atoms. The maximum absolute atomic E-state index is 12.7. The van der Waals surface area contributed by atoms with E-state index in [2.05, 4.69) is 0 Å². The van der Waals surface area contributed by atoms with Crippen LogP contribution in [0.15, 0.2) is 231 Å². The van der Waals surface area contributed by atoms with Gasteiger partial charge in [-0.25, -0.2) is 19.2 Å². The Morgan fingerprint density at radius 1 is 0.424 bits per heavy atom. The van der Waals surface area contributed by atoms with Gasteiger partial charge in [-0.2, -0.15) is 0 Å². The zero-order valence-electron chi connectivity index (χ0n) is 58.7. The van der Waals surface area contributed by atoms with Gasteiger partial charge in [-0.05, 0) is 156 Å². The van der Waals surface area contributed by atoms with Crippen LogP contribution in [0.25, 0.3) is 0 Å². The van der Waals surface area contributed by atoms with Crippen LogP contribution >= 0.6 is 0 Å². The minimum Gasteiger partial charge on any atom is -0.497 e. The first-order chi connectivity index (χ1) is 47.4. The Morgan fingerprint density at radius 3 is 1.19 bits per heavy atom. The molecule has 8 aromatic carbocycles. The predicted molar refractivity (Wildman–Crippen MR) is 384 cm³/mol. The van der Waals surface area contributed by atoms with E-state index in [1.165, 1.54) is 0 Å². The Labute approximate surface area is 583 Å². The van der Waals surface area contributed by atoms with E-state index in [9.17, 15) is 38.4 Å². The fourth-order valence-electron chi connectivity index (χ4n) is 10.2. The van der Waals surface area contributed by atoms with Crippen molar-refractivity contribution >= 4 is 47.5 Å². The highest BCUT2D eigenvalue weighted by Gasteiger charge is 2.27. The predicted octanol–water partition coefficient (Wildman–Crippen LogP) is 14.1. The second-order valence-corrected chi connectivity index (χ2v) is 24.5. The molecule has 4 atom stereocenters. The number of benzene rings is 8. The quantitative estimate of drug-likeness (QED) is 0.0288. The molecule has 8 rings (SSSR count). The Kier molecular flexibility index (Phi) is 33.0. The monoisotopic (exact) mass is 1350 g/mol. The second-order valence-electron chi connectivity index (χ2n) is 24.5. The number of esters is 4. The van der Waals surface area contributed by atoms with Crippen molar-refractivity contribution in [2.24, 2.45) is 5.41 Å². The van der Waals surface area contributed by atoms with Gasteiger partial charge >= 0.3 is 23.9 Å². The summed E-state index contributed by atoms with van der Waals surface area (Å²) in [5, 5.41) is 9.06. The zero-order chi connectivity index (χ0) is 72.3. The number of aliphatic hydroxyl groups excluding tert-OH is 1. The number of aliphatic hydroxyl groups is 1. The van der Waals surface area contributed by atoms with Gasteiger partial charge in [0.15, 0.2) is 0 Å². The summed E-state index contributed by atoms with van der Waals surface area (Å²) >= 11 is 0. The smallest absolute Gasteiger partial charge is 0.338 e. The van der Waals surface area contributed by atoms with Crippen LogP contribution in [0.1, 0.15) is 156 Å². The molecule has 0 saturated heterocycles. The fourth-order valence-corrected chi connectivity index (χ4v) is 10.2. The van der Waals surface area contributed by atoms with Gasteiger partial charge in [0.2, 0.25) is 0 Å². The molecule has 4 unspecified atom stereocenters. The zero-order valence-corrected chi connectivity index (χ0v) is 58.7. The van der Waals surface area contributed by atoms with E-state index in [0.29, 0.717) is 95.8 Å². The van der Waals surface area contributed by atoms with E-state index < -0.39 is 5.97 Å². The summed E-state index contributed by atoms with van der Waals surface area (Å²) in [7, 11) is 6.82. The number of hydrogen-bond donors (Lipinski definition) is 1. The van der Waals surface area contributed by atoms with Crippen LogP contribution in [0, 0.1) is 5.41 Å². The standard InChI is InChI=1S/C22H27NO5.C21H25NO3.C20H23NO3.C18H19NO3/c1-15(23(3)21(25)18-9-11-20(27-4)12-10-18)13-16(2)28-22(26)19-7-5-17(14-24)6-8-19;1-4-22(20(23)18-11-7-5-8-12-18)16(2)15-17(3)25-21(24)19-13-9-6-10-14-19;1-20(2,15-24-19(23)17-12-8-5-9-13-17)14-21(3)18(22)16-10-6-4-7-11-16;1-19(17(20)15-9-4-2-5-10-15)13-8-14-22-18(21)16-11-6-3-7-12-16/h5-12,15-16,24H,13-14H2,1-4H3;5-14,16-17H,4,15H2,1-3H3;4-13H,14-15H2,1-3H3;2-7,9-12H,8,13-14H2,1H3. The van der Waals surface area contributed by atoms with Gasteiger partial charge in [-0.15, -0.1) is 0 Å². The normalized spacial score (nSPS) is 11.8. The first-order valence-electron chi connectivity index (χ1n) is 32.9. The molecule has 0 aliphatic carbocycles. The van der Waals surface area contributed by atoms with E-state index in [1.807, 2.05) is 138 Å². The summed E-state index contributed by atoms with van der Waals surface area (Å²) in [6.07, 6.45) is 1.07. The third-order valence-corrected chi connectivity index (χ3v) is 15.7. The highest BCUT2D eigenvalue weighted by Crippen LogP contribution is 2.22. The van der Waals surface area contributed by atoms with Crippen molar-refractivity contribution in [3.05, 3.63) is 281 Å². The van der Waals surface area contributed by atoms with Crippen LogP contribution in [0.4, 0.5) is 0 Å². The average Bonchev–Trinajstić information content (AvgIpc) is 0.960. The van der Waals surface area contributed by atoms with Crippen molar-refractivity contribution in [2.75, 3.05) is 61.1 Å². The maximum atomic E-state index is 12.7. The fraction of sp³-hybridized carbons (Fsp3) is 0.309. The molecule has 522 valence electrons. The molecule has 8 aromatic rings. The molecule has 0 aliphatic heterocycles. The molecule has 0 heterocycles. The molecule has 4 amide bonds. The molecular weight excluding hydrogens is 1250 g/mol. The third-order valence-electron chi connectivity index (χ3n) is 15.7. The number of rotatable bonds is 27. The number of nitrogens with zero attached hydrogens (tertiary/aromatic N) is 4. The van der Waals surface area contributed by atoms with E-state index in [4.69, 9.17) is 28.8 Å². The van der Waals surface area contributed by atoms with Crippen molar-refractivity contribution in [2.45, 2.75) is 98.6 Å². The minimum absolute atomic E-state index is 0.00261. The Hall–Kier alpha value is -10.7. The highest BCUT2D eigenvalue weighted by molar-refractivity contribution is 5.96. The molecular formula is C81H94N4O14. The molecule has 0 spiro atoms. The first kappa shape index (κ1) is 79.0. The second kappa shape index (κ2) is 41.4. The van der Waals surface area contributed by atoms with E-state index in [0.717, 1.165) is 5.56 Å². The topological polar surface area (TPSA) is 216 Å². The van der Waals surface area contributed by atoms with Crippen LogP contribution < -0.4 is 4.74 Å². The van der Waals surface area contributed by atoms with Gasteiger partial charge < -0.3 is 48.4 Å². The summed E-state index contributed by atoms with van der Waals surface area (Å²) in [5.41, 5.74) is 4.98. The molecule has 18 nitrogen and oxygen atoms in total. The molecule has 0 aromatic heterocycles. The molecule has 99 heavy (non-hydrogen) atoms. The number of methoxy groups -OCH3 is 1. The summed E-state index contributed by atoms with van der Waals surface area (Å²) in [5.74, 6) is -0.928. The lowest BCUT2D eigenvalue weighted by atomic mass is 9.94. The van der Waals surface area contributed by atoms with Crippen LogP contribution in [0.5, 0.6) is 5.75 Å². The van der Waals surface area contributed by atoms with Crippen LogP contribution in [0.3, 0.4) is 0 Å². The number of carbonyl (C=O) groups excluding carboxylic acids is 8. The average molecular weight is 1350 g/mol. The summed E-state index contributed by atoms with van der Waals surface area (Å²) in [4.78, 5) is 105. The summed E-state index contributed by atoms with van der Waals surface area (Å²) in [6.45, 7) is 15.6. The minimum atomic E-state index is -0.423. The first-order valence-corrected chi connectivity index (χ1v) is 32.9. The lowest BCUT2D eigenvalue weighted by Gasteiger charge is -2.30. The van der Waals surface area contributed by atoms with Crippen LogP contribution in [-0.2, 0) is 25.6 Å². The van der Waals surface area contributed by atoms with Gasteiger partial charge in [-0.1, -0.05) is 135 Å². The Balaban J connectivity index is 0.000000239. The van der Waals surface area contributed by atoms with Crippen molar-refractivity contribution in [1.82, 2.24) is 19.6 Å². The highest BCUT2D eigenvalue weighted by atomic mass is 16.6. The maximum Gasteiger partial charge on any atom is 0.338 e. The molecule has 0 fully saturated rings. The summed E-state index contributed by atoms with van der Waals surface area (Å²) < 4.78 is 26.7. The van der Waals surface area contributed by atoms with Crippen LogP contribution in [-0.4, -0.2) is 158 Å². The summed E-state index contributed by atoms with van der Waals surface area (Å²) in [6, 6.07) is 67.6. The molecule has 1 N–H and O–H groups in total. The largest absolute Gasteiger partial charge is 0.497 e. The lowest BCUT2D eigenvalue weighted by Crippen LogP contribution is -2.40. The van der Waals surface area contributed by atoms with Crippen LogP contribution in [0.2, 0.25) is 0 Å². The molecule has 18 heteroatoms. The molecule has 0 radical (unpaired) electrons. The van der Waals surface area contributed by atoms with Crippen molar-refractivity contribution in [3.63, 3.8) is 0 Å². The van der Waals surface area contributed by atoms with Crippen molar-refractivity contribution < 1.29 is 67.1 Å². The van der Waals surface area contributed by atoms with Gasteiger partial charge in [0.05, 0.1) is 49.2 Å². The number of carbonyl (C=O) groups is 8. The number of hydrogen-bond acceptors (Lipinski definition) is 14. The van der Waals surface area contributed by atoms with Gasteiger partial charge in [-0.3, -0.25) is 19.2 Å². The lowest BCUT2D eigenvalue weighted by molar-refractivity contribution is 0.0247. The third kappa shape index (κ3) is 27.0. The van der Waals surface area contributed by atoms with Crippen molar-refractivity contribution in [3.8, 4) is 5.75 Å². The van der Waals surface area contributed by atoms with Gasteiger partial charge in [0.25, 0.3) is 23.6 Å². The molecule has 0 aliphatic rings. The van der Waals surface area contributed by atoms with Gasteiger partial charge in [0.1, 0.15) is 18.0 Å². The SMILES string of the molecule is CCN(C(=O)c1ccccc1)C(C)CC(C)OC(=O)c1ccccc1.CN(CC(C)(C)COC(=O)c1ccccc1)C(=O)c1ccccc1.CN(CCCOC(=O)c1ccccc1)C(=O)c1ccccc1.COc1ccc(C(=O)N(C)C(C)CC(C)OC(=O)c2ccc(CO)cc2)cc1. The van der Waals surface area contributed by atoms with Crippen molar-refractivity contribution in [1.29, 1.82) is 0 Å². The van der Waals surface area contributed by atoms with E-state index >= 15 is 0 Å². The Morgan fingerprint density at radius 2 is 0.778 bits per heavy atom.